The predicted octanol–water partition coefficient (Wildman–Crippen LogP) is 4.55. The van der Waals surface area contributed by atoms with Crippen LogP contribution in [0.2, 0.25) is 0 Å². The second-order valence-electron chi connectivity index (χ2n) is 7.45. The van der Waals surface area contributed by atoms with E-state index in [4.69, 9.17) is 4.74 Å². The largest absolute Gasteiger partial charge is 0.492 e. The van der Waals surface area contributed by atoms with Crippen molar-refractivity contribution in [3.05, 3.63) is 65.6 Å². The number of benzene rings is 2. The Morgan fingerprint density at radius 3 is 2.81 bits per heavy atom. The van der Waals surface area contributed by atoms with Crippen LogP contribution in [-0.4, -0.2) is 29.2 Å². The molecule has 1 aromatic heterocycles. The van der Waals surface area contributed by atoms with Crippen LogP contribution in [0.25, 0.3) is 10.9 Å². The number of likely N-dealkylation sites (N-methyl/N-ethyl adjacent to an activating group) is 1. The fourth-order valence-corrected chi connectivity index (χ4v) is 4.85. The molecule has 1 saturated heterocycles. The molecule has 4 heteroatoms. The highest BCUT2D eigenvalue weighted by Gasteiger charge is 2.40. The molecule has 3 nitrogen and oxygen atoms in total. The molecule has 0 radical (unpaired) electrons. The lowest BCUT2D eigenvalue weighted by molar-refractivity contribution is 0.213. The Bertz CT molecular complexity index is 950. The summed E-state index contributed by atoms with van der Waals surface area (Å²) < 4.78 is 22.2. The Labute approximate surface area is 153 Å². The molecule has 2 atom stereocenters. The first-order chi connectivity index (χ1) is 12.7. The Morgan fingerprint density at radius 1 is 1.12 bits per heavy atom. The van der Waals surface area contributed by atoms with Crippen LogP contribution in [0.3, 0.4) is 0 Å². The fourth-order valence-electron chi connectivity index (χ4n) is 4.85. The Kier molecular flexibility index (Phi) is 3.75. The first-order valence-corrected chi connectivity index (χ1v) is 9.42. The van der Waals surface area contributed by atoms with Gasteiger partial charge in [0.1, 0.15) is 18.2 Å². The van der Waals surface area contributed by atoms with E-state index in [-0.39, 0.29) is 5.82 Å². The smallest absolute Gasteiger partial charge is 0.123 e. The third kappa shape index (κ3) is 2.43. The van der Waals surface area contributed by atoms with Crippen molar-refractivity contribution in [1.82, 2.24) is 9.47 Å². The number of hydrogen-bond acceptors (Lipinski definition) is 2. The molecule has 2 bridgehead atoms. The van der Waals surface area contributed by atoms with Crippen molar-refractivity contribution < 1.29 is 9.13 Å². The fraction of sp³-hybridized carbons (Fsp3) is 0.364. The Morgan fingerprint density at radius 2 is 1.96 bits per heavy atom. The van der Waals surface area contributed by atoms with Gasteiger partial charge in [0.25, 0.3) is 0 Å². The number of halogens is 1. The minimum Gasteiger partial charge on any atom is -0.492 e. The molecular weight excluding hydrogens is 327 g/mol. The Balaban J connectivity index is 1.53. The van der Waals surface area contributed by atoms with Crippen molar-refractivity contribution >= 4 is 10.9 Å². The van der Waals surface area contributed by atoms with E-state index in [1.807, 2.05) is 36.4 Å². The van der Waals surface area contributed by atoms with Gasteiger partial charge < -0.3 is 9.30 Å². The minimum absolute atomic E-state index is 0.149. The molecule has 0 spiro atoms. The zero-order valence-corrected chi connectivity index (χ0v) is 15.0. The highest BCUT2D eigenvalue weighted by Crippen LogP contribution is 2.46. The highest BCUT2D eigenvalue weighted by atomic mass is 19.1. The zero-order chi connectivity index (χ0) is 17.7. The SMILES string of the molecule is CN1C2CCC1c1c(c3cc(F)ccc3n1CCOc1ccccc1)C2. The quantitative estimate of drug-likeness (QED) is 0.687. The lowest BCUT2D eigenvalue weighted by Gasteiger charge is -2.32. The molecule has 3 heterocycles. The lowest BCUT2D eigenvalue weighted by Crippen LogP contribution is -2.35. The summed E-state index contributed by atoms with van der Waals surface area (Å²) in [5.41, 5.74) is 3.86. The third-order valence-corrected chi connectivity index (χ3v) is 6.10. The lowest BCUT2D eigenvalue weighted by atomic mass is 9.97. The second kappa shape index (κ2) is 6.13. The van der Waals surface area contributed by atoms with Gasteiger partial charge >= 0.3 is 0 Å². The molecule has 2 aliphatic rings. The van der Waals surface area contributed by atoms with E-state index in [1.54, 1.807) is 12.1 Å². The van der Waals surface area contributed by atoms with Crippen molar-refractivity contribution in [1.29, 1.82) is 0 Å². The van der Waals surface area contributed by atoms with E-state index in [9.17, 15) is 4.39 Å². The number of para-hydroxylation sites is 1. The van der Waals surface area contributed by atoms with Crippen LogP contribution in [-0.2, 0) is 13.0 Å². The summed E-state index contributed by atoms with van der Waals surface area (Å²) in [4.78, 5) is 2.51. The number of fused-ring (bicyclic) bond motifs is 6. The van der Waals surface area contributed by atoms with Gasteiger partial charge in [0.15, 0.2) is 0 Å². The molecule has 2 aliphatic heterocycles. The van der Waals surface area contributed by atoms with Gasteiger partial charge in [-0.1, -0.05) is 18.2 Å². The molecule has 134 valence electrons. The summed E-state index contributed by atoms with van der Waals surface area (Å²) in [5.74, 6) is 0.742. The van der Waals surface area contributed by atoms with Gasteiger partial charge in [-0.25, -0.2) is 4.39 Å². The number of rotatable bonds is 4. The summed E-state index contributed by atoms with van der Waals surface area (Å²) >= 11 is 0. The second-order valence-corrected chi connectivity index (χ2v) is 7.45. The van der Waals surface area contributed by atoms with Crippen molar-refractivity contribution in [3.8, 4) is 5.75 Å². The molecule has 0 aliphatic carbocycles. The first kappa shape index (κ1) is 15.9. The van der Waals surface area contributed by atoms with Gasteiger partial charge in [-0.05, 0) is 62.2 Å². The van der Waals surface area contributed by atoms with Gasteiger partial charge in [-0.15, -0.1) is 0 Å². The van der Waals surface area contributed by atoms with Crippen LogP contribution >= 0.6 is 0 Å². The van der Waals surface area contributed by atoms with Crippen LogP contribution < -0.4 is 4.74 Å². The number of ether oxygens (including phenoxy) is 1. The maximum atomic E-state index is 13.9. The van der Waals surface area contributed by atoms with Crippen LogP contribution in [0.4, 0.5) is 4.39 Å². The zero-order valence-electron chi connectivity index (χ0n) is 15.0. The molecule has 2 unspecified atom stereocenters. The third-order valence-electron chi connectivity index (χ3n) is 6.10. The minimum atomic E-state index is -0.149. The molecule has 1 fully saturated rings. The summed E-state index contributed by atoms with van der Waals surface area (Å²) in [6, 6.07) is 16.2. The van der Waals surface area contributed by atoms with E-state index >= 15 is 0 Å². The molecule has 5 rings (SSSR count). The van der Waals surface area contributed by atoms with E-state index in [1.165, 1.54) is 24.1 Å². The number of hydrogen-bond donors (Lipinski definition) is 0. The summed E-state index contributed by atoms with van der Waals surface area (Å²) in [7, 11) is 2.23. The first-order valence-electron chi connectivity index (χ1n) is 9.42. The van der Waals surface area contributed by atoms with E-state index in [0.29, 0.717) is 18.7 Å². The van der Waals surface area contributed by atoms with Gasteiger partial charge in [0.05, 0.1) is 12.6 Å². The molecule has 0 amide bonds. The van der Waals surface area contributed by atoms with Crippen molar-refractivity contribution in [3.63, 3.8) is 0 Å². The molecule has 0 saturated carbocycles. The topological polar surface area (TPSA) is 17.4 Å². The van der Waals surface area contributed by atoms with E-state index in [0.717, 1.165) is 29.6 Å². The summed E-state index contributed by atoms with van der Waals surface area (Å²) in [5, 5.41) is 1.09. The van der Waals surface area contributed by atoms with Gasteiger partial charge in [-0.2, -0.15) is 0 Å². The Hall–Kier alpha value is -2.33. The van der Waals surface area contributed by atoms with Crippen LogP contribution in [0.1, 0.15) is 30.1 Å². The van der Waals surface area contributed by atoms with Crippen LogP contribution in [0.5, 0.6) is 5.75 Å². The maximum Gasteiger partial charge on any atom is 0.123 e. The average Bonchev–Trinajstić information content (AvgIpc) is 3.07. The van der Waals surface area contributed by atoms with E-state index in [2.05, 4.69) is 16.5 Å². The van der Waals surface area contributed by atoms with Crippen molar-refractivity contribution in [2.75, 3.05) is 13.7 Å². The molecule has 2 aromatic carbocycles. The predicted molar refractivity (Wildman–Crippen MR) is 101 cm³/mol. The van der Waals surface area contributed by atoms with Crippen LogP contribution in [0.15, 0.2) is 48.5 Å². The molecule has 26 heavy (non-hydrogen) atoms. The summed E-state index contributed by atoms with van der Waals surface area (Å²) in [6.07, 6.45) is 3.44. The van der Waals surface area contributed by atoms with E-state index < -0.39 is 0 Å². The molecule has 0 N–H and O–H groups in total. The standard InChI is InChI=1S/C22H23FN2O/c1-24-16-8-10-21(24)22-19(14-16)18-13-15(23)7-9-20(18)25(22)11-12-26-17-5-3-2-4-6-17/h2-7,9,13,16,21H,8,10-12,14H2,1H3. The average molecular weight is 350 g/mol. The van der Waals surface area contributed by atoms with Crippen molar-refractivity contribution in [2.45, 2.75) is 37.9 Å². The highest BCUT2D eigenvalue weighted by molar-refractivity contribution is 5.86. The number of aromatic nitrogens is 1. The van der Waals surface area contributed by atoms with Gasteiger partial charge in [0.2, 0.25) is 0 Å². The van der Waals surface area contributed by atoms with Gasteiger partial charge in [0, 0.05) is 22.6 Å². The van der Waals surface area contributed by atoms with Gasteiger partial charge in [-0.3, -0.25) is 4.90 Å². The maximum absolute atomic E-state index is 13.9. The monoisotopic (exact) mass is 350 g/mol. The number of nitrogens with zero attached hydrogens (tertiary/aromatic N) is 2. The molecular formula is C22H23FN2O. The normalized spacial score (nSPS) is 21.9. The van der Waals surface area contributed by atoms with Crippen LogP contribution in [0, 0.1) is 5.82 Å². The van der Waals surface area contributed by atoms with Crippen molar-refractivity contribution in [2.24, 2.45) is 0 Å². The molecule has 3 aromatic rings. The summed E-state index contributed by atoms with van der Waals surface area (Å²) in [6.45, 7) is 1.39.